The molecule has 4 rings (SSSR count). The summed E-state index contributed by atoms with van der Waals surface area (Å²) in [6, 6.07) is 16.7. The van der Waals surface area contributed by atoms with Gasteiger partial charge in [-0.05, 0) is 42.7 Å². The number of amides is 3. The molecular formula is C23H26N6O2. The molecule has 3 aromatic rings. The molecule has 3 N–H and O–H groups in total. The molecular weight excluding hydrogens is 392 g/mol. The van der Waals surface area contributed by atoms with Crippen LogP contribution in [0, 0.1) is 0 Å². The first-order valence-electron chi connectivity index (χ1n) is 10.6. The first kappa shape index (κ1) is 20.6. The van der Waals surface area contributed by atoms with E-state index in [-0.39, 0.29) is 18.5 Å². The van der Waals surface area contributed by atoms with E-state index in [2.05, 4.69) is 30.7 Å². The van der Waals surface area contributed by atoms with Crippen LogP contribution < -0.4 is 16.0 Å². The van der Waals surface area contributed by atoms with Crippen molar-refractivity contribution in [1.82, 2.24) is 25.4 Å². The van der Waals surface area contributed by atoms with E-state index in [0.717, 1.165) is 48.6 Å². The third-order valence-electron chi connectivity index (χ3n) is 5.24. The van der Waals surface area contributed by atoms with Crippen molar-refractivity contribution in [2.24, 2.45) is 0 Å². The standard InChI is InChI=1S/C23H26N6O2/c30-21(16-25-23(31)24-15-17-7-3-1-4-8-17)26-19-12-10-18(11-13-19)22-28-27-20-9-5-2-6-14-29(20)22/h1,3-4,7-8,10-13H,2,5-6,9,14-16H2,(H,26,30)(H2,24,25,31). The van der Waals surface area contributed by atoms with Crippen molar-refractivity contribution >= 4 is 17.6 Å². The van der Waals surface area contributed by atoms with E-state index < -0.39 is 0 Å². The number of aromatic nitrogens is 3. The predicted octanol–water partition coefficient (Wildman–Crippen LogP) is 3.11. The Morgan fingerprint density at radius 1 is 0.903 bits per heavy atom. The van der Waals surface area contributed by atoms with Crippen molar-refractivity contribution in [3.8, 4) is 11.4 Å². The van der Waals surface area contributed by atoms with Gasteiger partial charge in [-0.2, -0.15) is 0 Å². The average Bonchev–Trinajstić information content (AvgIpc) is 3.05. The first-order valence-corrected chi connectivity index (χ1v) is 10.6. The minimum atomic E-state index is -0.387. The maximum Gasteiger partial charge on any atom is 0.315 e. The fourth-order valence-corrected chi connectivity index (χ4v) is 3.61. The Kier molecular flexibility index (Phi) is 6.56. The van der Waals surface area contributed by atoms with Crippen molar-refractivity contribution in [1.29, 1.82) is 0 Å². The third-order valence-corrected chi connectivity index (χ3v) is 5.24. The van der Waals surface area contributed by atoms with Crippen LogP contribution in [0.25, 0.3) is 11.4 Å². The number of fused-ring (bicyclic) bond motifs is 1. The van der Waals surface area contributed by atoms with Crippen LogP contribution in [0.5, 0.6) is 0 Å². The topological polar surface area (TPSA) is 101 Å². The van der Waals surface area contributed by atoms with Gasteiger partial charge in [0.1, 0.15) is 5.82 Å². The number of anilines is 1. The average molecular weight is 419 g/mol. The highest BCUT2D eigenvalue weighted by atomic mass is 16.2. The number of carbonyl (C=O) groups excluding carboxylic acids is 2. The number of rotatable bonds is 6. The molecule has 0 bridgehead atoms. The van der Waals surface area contributed by atoms with Crippen molar-refractivity contribution in [2.75, 3.05) is 11.9 Å². The third kappa shape index (κ3) is 5.48. The highest BCUT2D eigenvalue weighted by Gasteiger charge is 2.16. The van der Waals surface area contributed by atoms with Crippen LogP contribution in [0.1, 0.15) is 30.7 Å². The number of benzene rings is 2. The van der Waals surface area contributed by atoms with Gasteiger partial charge in [0.05, 0.1) is 6.54 Å². The van der Waals surface area contributed by atoms with Crippen LogP contribution in [-0.2, 0) is 24.3 Å². The van der Waals surface area contributed by atoms with Crippen molar-refractivity contribution in [3.05, 3.63) is 66.0 Å². The summed E-state index contributed by atoms with van der Waals surface area (Å²) in [5, 5.41) is 16.8. The monoisotopic (exact) mass is 418 g/mol. The molecule has 8 nitrogen and oxygen atoms in total. The second-order valence-corrected chi connectivity index (χ2v) is 7.55. The molecule has 0 aliphatic carbocycles. The molecule has 0 saturated carbocycles. The van der Waals surface area contributed by atoms with Crippen molar-refractivity contribution < 1.29 is 9.59 Å². The second-order valence-electron chi connectivity index (χ2n) is 7.55. The van der Waals surface area contributed by atoms with Gasteiger partial charge in [0.15, 0.2) is 5.82 Å². The number of hydrogen-bond donors (Lipinski definition) is 3. The molecule has 160 valence electrons. The molecule has 0 saturated heterocycles. The molecule has 1 aliphatic rings. The number of urea groups is 1. The van der Waals surface area contributed by atoms with E-state index in [1.807, 2.05) is 54.6 Å². The van der Waals surface area contributed by atoms with Gasteiger partial charge in [-0.1, -0.05) is 36.8 Å². The summed E-state index contributed by atoms with van der Waals surface area (Å²) in [6.45, 7) is 1.23. The molecule has 0 atom stereocenters. The molecule has 0 fully saturated rings. The largest absolute Gasteiger partial charge is 0.334 e. The summed E-state index contributed by atoms with van der Waals surface area (Å²) in [7, 11) is 0. The van der Waals surface area contributed by atoms with Gasteiger partial charge in [-0.3, -0.25) is 4.79 Å². The Labute approximate surface area is 181 Å². The normalized spacial score (nSPS) is 13.0. The van der Waals surface area contributed by atoms with Crippen LogP contribution in [0.15, 0.2) is 54.6 Å². The summed E-state index contributed by atoms with van der Waals surface area (Å²) in [4.78, 5) is 24.0. The maximum absolute atomic E-state index is 12.2. The van der Waals surface area contributed by atoms with E-state index in [0.29, 0.717) is 12.2 Å². The SMILES string of the molecule is O=C(CNC(=O)NCc1ccccc1)Nc1ccc(-c2nnc3n2CCCCC3)cc1. The lowest BCUT2D eigenvalue weighted by atomic mass is 10.2. The Bertz CT molecular complexity index is 1030. The molecule has 2 heterocycles. The van der Waals surface area contributed by atoms with E-state index in [4.69, 9.17) is 0 Å². The summed E-state index contributed by atoms with van der Waals surface area (Å²) in [5.41, 5.74) is 2.62. The maximum atomic E-state index is 12.2. The molecule has 2 aromatic carbocycles. The van der Waals surface area contributed by atoms with E-state index in [1.54, 1.807) is 0 Å². The summed E-state index contributed by atoms with van der Waals surface area (Å²) in [5.74, 6) is 1.62. The number of aryl methyl sites for hydroxylation is 1. The minimum absolute atomic E-state index is 0.111. The first-order chi connectivity index (χ1) is 15.2. The molecule has 0 radical (unpaired) electrons. The Morgan fingerprint density at radius 2 is 1.71 bits per heavy atom. The van der Waals surface area contributed by atoms with Crippen LogP contribution in [0.3, 0.4) is 0 Å². The van der Waals surface area contributed by atoms with Crippen LogP contribution >= 0.6 is 0 Å². The quantitative estimate of drug-likeness (QED) is 0.573. The zero-order valence-electron chi connectivity index (χ0n) is 17.3. The fraction of sp³-hybridized carbons (Fsp3) is 0.304. The van der Waals surface area contributed by atoms with Gasteiger partial charge in [0, 0.05) is 30.8 Å². The van der Waals surface area contributed by atoms with Crippen LogP contribution in [0.4, 0.5) is 10.5 Å². The summed E-state index contributed by atoms with van der Waals surface area (Å²) < 4.78 is 2.19. The minimum Gasteiger partial charge on any atom is -0.334 e. The molecule has 0 spiro atoms. The van der Waals surface area contributed by atoms with Gasteiger partial charge >= 0.3 is 6.03 Å². The van der Waals surface area contributed by atoms with Crippen LogP contribution in [0.2, 0.25) is 0 Å². The van der Waals surface area contributed by atoms with Gasteiger partial charge in [0.2, 0.25) is 5.91 Å². The molecule has 1 aliphatic heterocycles. The summed E-state index contributed by atoms with van der Waals surface area (Å²) in [6.07, 6.45) is 4.47. The Morgan fingerprint density at radius 3 is 2.52 bits per heavy atom. The predicted molar refractivity (Wildman–Crippen MR) is 118 cm³/mol. The summed E-state index contributed by atoms with van der Waals surface area (Å²) >= 11 is 0. The second kappa shape index (κ2) is 9.88. The lowest BCUT2D eigenvalue weighted by Crippen LogP contribution is -2.39. The molecule has 0 unspecified atom stereocenters. The highest BCUT2D eigenvalue weighted by molar-refractivity contribution is 5.94. The van der Waals surface area contributed by atoms with E-state index in [9.17, 15) is 9.59 Å². The van der Waals surface area contributed by atoms with Crippen molar-refractivity contribution in [2.45, 2.75) is 38.8 Å². The highest BCUT2D eigenvalue weighted by Crippen LogP contribution is 2.23. The van der Waals surface area contributed by atoms with Gasteiger partial charge in [-0.25, -0.2) is 4.79 Å². The van der Waals surface area contributed by atoms with Gasteiger partial charge in [0.25, 0.3) is 0 Å². The molecule has 31 heavy (non-hydrogen) atoms. The van der Waals surface area contributed by atoms with E-state index >= 15 is 0 Å². The molecule has 3 amide bonds. The number of nitrogens with zero attached hydrogens (tertiary/aromatic N) is 3. The zero-order valence-corrected chi connectivity index (χ0v) is 17.3. The smallest absolute Gasteiger partial charge is 0.315 e. The van der Waals surface area contributed by atoms with Gasteiger partial charge < -0.3 is 20.5 Å². The Hall–Kier alpha value is -3.68. The molecule has 1 aromatic heterocycles. The van der Waals surface area contributed by atoms with Crippen molar-refractivity contribution in [3.63, 3.8) is 0 Å². The Balaban J connectivity index is 1.26. The molecule has 8 heteroatoms. The lowest BCUT2D eigenvalue weighted by Gasteiger charge is -2.10. The van der Waals surface area contributed by atoms with E-state index in [1.165, 1.54) is 6.42 Å². The lowest BCUT2D eigenvalue weighted by molar-refractivity contribution is -0.115. The fourth-order valence-electron chi connectivity index (χ4n) is 3.61. The van der Waals surface area contributed by atoms with Gasteiger partial charge in [-0.15, -0.1) is 10.2 Å². The number of carbonyl (C=O) groups is 2. The van der Waals surface area contributed by atoms with Crippen LogP contribution in [-0.4, -0.2) is 33.2 Å². The number of nitrogens with one attached hydrogen (secondary N) is 3. The number of hydrogen-bond acceptors (Lipinski definition) is 4. The zero-order chi connectivity index (χ0) is 21.5.